The molecule has 0 aromatic heterocycles. The fraction of sp³-hybridized carbons (Fsp3) is 0.0882. The highest BCUT2D eigenvalue weighted by molar-refractivity contribution is 5.84. The Hall–Kier alpha value is -4.63. The molecule has 4 aromatic rings. The molecule has 0 N–H and O–H groups in total. The number of carbonyl (C=O) groups excluding carboxylic acids is 1. The Morgan fingerprint density at radius 3 is 2.05 bits per heavy atom. The summed E-state index contributed by atoms with van der Waals surface area (Å²) in [7, 11) is 0. The van der Waals surface area contributed by atoms with Crippen LogP contribution < -0.4 is 9.64 Å². The number of benzene rings is 4. The largest absolute Gasteiger partial charge is 0.423 e. The summed E-state index contributed by atoms with van der Waals surface area (Å²) in [6, 6.07) is 35.6. The van der Waals surface area contributed by atoms with E-state index in [2.05, 4.69) is 116 Å². The van der Waals surface area contributed by atoms with Crippen molar-refractivity contribution >= 4 is 29.4 Å². The van der Waals surface area contributed by atoms with Gasteiger partial charge in [0.25, 0.3) is 0 Å². The summed E-state index contributed by atoms with van der Waals surface area (Å²) < 4.78 is 5.15. The van der Waals surface area contributed by atoms with Crippen molar-refractivity contribution in [2.75, 3.05) is 4.90 Å². The molecule has 1 aliphatic rings. The molecule has 0 radical (unpaired) electrons. The first-order chi connectivity index (χ1) is 18.1. The first-order valence-corrected chi connectivity index (χ1v) is 12.5. The molecule has 1 heterocycles. The molecular formula is C34H29NO2. The highest BCUT2D eigenvalue weighted by atomic mass is 16.5. The molecule has 0 saturated heterocycles. The molecule has 182 valence electrons. The number of carbonyl (C=O) groups is 1. The van der Waals surface area contributed by atoms with Gasteiger partial charge in [-0.05, 0) is 65.4 Å². The third-order valence-corrected chi connectivity index (χ3v) is 6.54. The van der Waals surface area contributed by atoms with E-state index >= 15 is 0 Å². The zero-order valence-corrected chi connectivity index (χ0v) is 20.9. The van der Waals surface area contributed by atoms with Gasteiger partial charge in [0.2, 0.25) is 0 Å². The van der Waals surface area contributed by atoms with Crippen molar-refractivity contribution in [1.82, 2.24) is 0 Å². The highest BCUT2D eigenvalue weighted by Gasteiger charge is 2.25. The predicted molar refractivity (Wildman–Crippen MR) is 153 cm³/mol. The zero-order chi connectivity index (χ0) is 25.6. The van der Waals surface area contributed by atoms with Gasteiger partial charge in [0.1, 0.15) is 5.75 Å². The molecule has 1 unspecified atom stereocenters. The molecule has 3 nitrogen and oxygen atoms in total. The molecule has 0 fully saturated rings. The van der Waals surface area contributed by atoms with Crippen molar-refractivity contribution in [3.05, 3.63) is 150 Å². The van der Waals surface area contributed by atoms with Crippen molar-refractivity contribution in [2.24, 2.45) is 0 Å². The minimum absolute atomic E-state index is 0.363. The van der Waals surface area contributed by atoms with Gasteiger partial charge in [-0.1, -0.05) is 97.6 Å². The van der Waals surface area contributed by atoms with E-state index < -0.39 is 5.97 Å². The Morgan fingerprint density at radius 2 is 1.43 bits per heavy atom. The summed E-state index contributed by atoms with van der Waals surface area (Å²) in [4.78, 5) is 13.8. The first-order valence-electron chi connectivity index (χ1n) is 12.5. The van der Waals surface area contributed by atoms with E-state index in [1.54, 1.807) is 12.1 Å². The number of rotatable bonds is 7. The molecule has 0 saturated carbocycles. The molecule has 5 rings (SSSR count). The number of nitrogens with zero attached hydrogens (tertiary/aromatic N) is 1. The van der Waals surface area contributed by atoms with Gasteiger partial charge in [-0.2, -0.15) is 0 Å². The molecule has 3 heteroatoms. The predicted octanol–water partition coefficient (Wildman–Crippen LogP) is 7.79. The van der Waals surface area contributed by atoms with Crippen molar-refractivity contribution < 1.29 is 9.53 Å². The number of anilines is 1. The van der Waals surface area contributed by atoms with Crippen LogP contribution in [0, 0.1) is 0 Å². The Bertz CT molecular complexity index is 1410. The summed E-state index contributed by atoms with van der Waals surface area (Å²) in [5.74, 6) is 0.0475. The number of esters is 1. The summed E-state index contributed by atoms with van der Waals surface area (Å²) in [6.07, 6.45) is 8.64. The highest BCUT2D eigenvalue weighted by Crippen LogP contribution is 2.36. The molecule has 1 atom stereocenters. The lowest BCUT2D eigenvalue weighted by Crippen LogP contribution is -2.23. The molecule has 0 amide bonds. The minimum atomic E-state index is -0.459. The fourth-order valence-corrected chi connectivity index (χ4v) is 4.66. The van der Waals surface area contributed by atoms with Crippen LogP contribution in [-0.2, 0) is 11.2 Å². The number of hydrogen-bond donors (Lipinski definition) is 0. The third kappa shape index (κ3) is 5.62. The van der Waals surface area contributed by atoms with E-state index in [-0.39, 0.29) is 0 Å². The Balaban J connectivity index is 1.39. The quantitative estimate of drug-likeness (QED) is 0.116. The molecule has 4 aromatic carbocycles. The van der Waals surface area contributed by atoms with Gasteiger partial charge in [-0.15, -0.1) is 0 Å². The normalized spacial score (nSPS) is 14.3. The van der Waals surface area contributed by atoms with Gasteiger partial charge in [0.05, 0.1) is 0 Å². The fourth-order valence-electron chi connectivity index (χ4n) is 4.66. The number of hydrogen-bond acceptors (Lipinski definition) is 3. The Labute approximate surface area is 218 Å². The summed E-state index contributed by atoms with van der Waals surface area (Å²) in [5, 5.41) is 0. The first kappa shape index (κ1) is 24.1. The Kier molecular flexibility index (Phi) is 7.14. The van der Waals surface area contributed by atoms with E-state index in [1.165, 1.54) is 28.0 Å². The zero-order valence-electron chi connectivity index (χ0n) is 20.9. The summed E-state index contributed by atoms with van der Waals surface area (Å²) in [5.41, 5.74) is 8.42. The van der Waals surface area contributed by atoms with Crippen LogP contribution in [0.4, 0.5) is 5.69 Å². The average molecular weight is 484 g/mol. The topological polar surface area (TPSA) is 29.5 Å². The van der Waals surface area contributed by atoms with E-state index in [0.717, 1.165) is 23.6 Å². The average Bonchev–Trinajstić information content (AvgIpc) is 3.25. The van der Waals surface area contributed by atoms with Gasteiger partial charge in [0, 0.05) is 29.6 Å². The van der Waals surface area contributed by atoms with E-state index in [9.17, 15) is 4.79 Å². The third-order valence-electron chi connectivity index (χ3n) is 6.54. The second-order valence-electron chi connectivity index (χ2n) is 9.15. The minimum Gasteiger partial charge on any atom is -0.423 e. The van der Waals surface area contributed by atoms with Crippen LogP contribution >= 0.6 is 0 Å². The smallest absolute Gasteiger partial charge is 0.335 e. The van der Waals surface area contributed by atoms with Gasteiger partial charge in [-0.3, -0.25) is 0 Å². The van der Waals surface area contributed by atoms with Gasteiger partial charge < -0.3 is 9.64 Å². The number of ether oxygens (including phenoxy) is 1. The standard InChI is InChI=1S/C34H29NO2/c1-3-34(36)37-31-19-16-26(17-20-31)14-15-27-18-21-33-30(23-27)22-25(2)35(33)24-32(28-10-6-4-7-11-28)29-12-8-5-9-13-29/h3-21,23-25H,1,22H2,2H3. The van der Waals surface area contributed by atoms with Gasteiger partial charge >= 0.3 is 5.97 Å². The van der Waals surface area contributed by atoms with Crippen molar-refractivity contribution in [3.63, 3.8) is 0 Å². The monoisotopic (exact) mass is 483 g/mol. The van der Waals surface area contributed by atoms with Gasteiger partial charge in [0.15, 0.2) is 0 Å². The van der Waals surface area contributed by atoms with Crippen molar-refractivity contribution in [2.45, 2.75) is 19.4 Å². The van der Waals surface area contributed by atoms with Crippen molar-refractivity contribution in [3.8, 4) is 5.75 Å². The molecule has 0 aliphatic carbocycles. The Morgan fingerprint density at radius 1 is 0.838 bits per heavy atom. The maximum absolute atomic E-state index is 11.4. The van der Waals surface area contributed by atoms with Crippen LogP contribution in [0.5, 0.6) is 5.75 Å². The maximum atomic E-state index is 11.4. The SMILES string of the molecule is C=CC(=O)Oc1ccc(C=Cc2ccc3c(c2)CC(C)N3C=C(c2ccccc2)c2ccccc2)cc1. The summed E-state index contributed by atoms with van der Waals surface area (Å²) >= 11 is 0. The second-order valence-corrected chi connectivity index (χ2v) is 9.15. The lowest BCUT2D eigenvalue weighted by Gasteiger charge is -2.23. The van der Waals surface area contributed by atoms with Gasteiger partial charge in [-0.25, -0.2) is 4.79 Å². The number of fused-ring (bicyclic) bond motifs is 1. The van der Waals surface area contributed by atoms with Crippen LogP contribution in [0.2, 0.25) is 0 Å². The second kappa shape index (κ2) is 11.0. The maximum Gasteiger partial charge on any atom is 0.335 e. The van der Waals surface area contributed by atoms with Crippen LogP contribution in [0.15, 0.2) is 122 Å². The van der Waals surface area contributed by atoms with Crippen LogP contribution in [0.25, 0.3) is 17.7 Å². The van der Waals surface area contributed by atoms with E-state index in [0.29, 0.717) is 11.8 Å². The van der Waals surface area contributed by atoms with Crippen LogP contribution in [0.1, 0.15) is 34.7 Å². The molecule has 37 heavy (non-hydrogen) atoms. The van der Waals surface area contributed by atoms with E-state index in [1.807, 2.05) is 12.1 Å². The molecule has 0 bridgehead atoms. The molecular weight excluding hydrogens is 454 g/mol. The lowest BCUT2D eigenvalue weighted by atomic mass is 9.98. The summed E-state index contributed by atoms with van der Waals surface area (Å²) in [6.45, 7) is 5.70. The van der Waals surface area contributed by atoms with E-state index in [4.69, 9.17) is 4.74 Å². The lowest BCUT2D eigenvalue weighted by molar-refractivity contribution is -0.128. The molecule has 0 spiro atoms. The molecule has 1 aliphatic heterocycles. The van der Waals surface area contributed by atoms with Crippen molar-refractivity contribution in [1.29, 1.82) is 0 Å². The van der Waals surface area contributed by atoms with Crippen LogP contribution in [0.3, 0.4) is 0 Å². The van der Waals surface area contributed by atoms with Crippen LogP contribution in [-0.4, -0.2) is 12.0 Å².